The van der Waals surface area contributed by atoms with Gasteiger partial charge in [0.15, 0.2) is 5.41 Å². The van der Waals surface area contributed by atoms with Crippen molar-refractivity contribution >= 4 is 11.9 Å². The third-order valence-corrected chi connectivity index (χ3v) is 2.54. The molecule has 0 saturated carbocycles. The number of hydrogen-bond acceptors (Lipinski definition) is 5. The Morgan fingerprint density at radius 2 is 2.25 bits per heavy atom. The molecule has 1 unspecified atom stereocenters. The van der Waals surface area contributed by atoms with Gasteiger partial charge in [-0.25, -0.2) is 0 Å². The summed E-state index contributed by atoms with van der Waals surface area (Å²) < 4.78 is 9.50. The van der Waals surface area contributed by atoms with Crippen molar-refractivity contribution in [3.8, 4) is 6.07 Å². The summed E-state index contributed by atoms with van der Waals surface area (Å²) in [5, 5.41) is 9.02. The zero-order valence-corrected chi connectivity index (χ0v) is 9.28. The molecule has 0 bridgehead atoms. The van der Waals surface area contributed by atoms with Crippen molar-refractivity contribution in [2.24, 2.45) is 5.41 Å². The number of ether oxygens (including phenoxy) is 2. The van der Waals surface area contributed by atoms with Crippen molar-refractivity contribution in [3.63, 3.8) is 0 Å². The Labute approximate surface area is 93.6 Å². The summed E-state index contributed by atoms with van der Waals surface area (Å²) in [6.07, 6.45) is 2.53. The number of nitriles is 1. The summed E-state index contributed by atoms with van der Waals surface area (Å²) >= 11 is 0. The summed E-state index contributed by atoms with van der Waals surface area (Å²) in [5.41, 5.74) is -1.13. The van der Waals surface area contributed by atoms with E-state index in [9.17, 15) is 9.59 Å². The van der Waals surface area contributed by atoms with Crippen LogP contribution in [-0.4, -0.2) is 19.0 Å². The first-order valence-electron chi connectivity index (χ1n) is 4.91. The quantitative estimate of drug-likeness (QED) is 0.659. The normalized spacial score (nSPS) is 23.9. The molecule has 86 valence electrons. The van der Waals surface area contributed by atoms with Crippen LogP contribution in [0.5, 0.6) is 0 Å². The molecule has 0 heterocycles. The molecule has 1 aliphatic rings. The second-order valence-corrected chi connectivity index (χ2v) is 3.65. The average molecular weight is 223 g/mol. The monoisotopic (exact) mass is 223 g/mol. The Hall–Kier alpha value is -1.83. The lowest BCUT2D eigenvalue weighted by Gasteiger charge is -2.26. The maximum absolute atomic E-state index is 11.5. The molecule has 5 heteroatoms. The van der Waals surface area contributed by atoms with E-state index >= 15 is 0 Å². The average Bonchev–Trinajstić information content (AvgIpc) is 2.28. The lowest BCUT2D eigenvalue weighted by Crippen LogP contribution is -2.32. The van der Waals surface area contributed by atoms with Gasteiger partial charge < -0.3 is 9.47 Å². The van der Waals surface area contributed by atoms with Crippen LogP contribution in [0.3, 0.4) is 0 Å². The molecule has 1 atom stereocenters. The van der Waals surface area contributed by atoms with E-state index < -0.39 is 17.4 Å². The summed E-state index contributed by atoms with van der Waals surface area (Å²) in [4.78, 5) is 22.2. The highest BCUT2D eigenvalue weighted by atomic mass is 16.5. The minimum absolute atomic E-state index is 0.221. The highest BCUT2D eigenvalue weighted by Gasteiger charge is 2.41. The Morgan fingerprint density at radius 1 is 1.56 bits per heavy atom. The van der Waals surface area contributed by atoms with E-state index in [1.807, 2.05) is 6.07 Å². The van der Waals surface area contributed by atoms with Crippen molar-refractivity contribution in [2.75, 3.05) is 7.11 Å². The standard InChI is InChI=1S/C11H13NO4/c1-8(13)16-9-3-5-11(7-12,6-4-9)10(14)15-2/h3H,4-6H2,1-2H3. The number of hydrogen-bond donors (Lipinski definition) is 0. The largest absolute Gasteiger partial charge is 0.468 e. The van der Waals surface area contributed by atoms with Gasteiger partial charge in [-0.15, -0.1) is 0 Å². The van der Waals surface area contributed by atoms with Gasteiger partial charge in [-0.05, 0) is 18.9 Å². The highest BCUT2D eigenvalue weighted by Crippen LogP contribution is 2.36. The molecule has 0 saturated heterocycles. The van der Waals surface area contributed by atoms with Gasteiger partial charge in [-0.1, -0.05) is 0 Å². The van der Waals surface area contributed by atoms with Crippen LogP contribution in [0.15, 0.2) is 11.8 Å². The van der Waals surface area contributed by atoms with E-state index in [1.54, 1.807) is 6.08 Å². The molecule has 0 aromatic heterocycles. The van der Waals surface area contributed by atoms with Crippen LogP contribution >= 0.6 is 0 Å². The fourth-order valence-corrected chi connectivity index (χ4v) is 1.63. The topological polar surface area (TPSA) is 76.4 Å². The summed E-state index contributed by atoms with van der Waals surface area (Å²) in [7, 11) is 1.26. The molecular weight excluding hydrogens is 210 g/mol. The second-order valence-electron chi connectivity index (χ2n) is 3.65. The van der Waals surface area contributed by atoms with E-state index in [0.717, 1.165) is 0 Å². The van der Waals surface area contributed by atoms with E-state index in [2.05, 4.69) is 4.74 Å². The van der Waals surface area contributed by atoms with Gasteiger partial charge in [0.05, 0.1) is 13.2 Å². The number of rotatable bonds is 2. The molecule has 0 radical (unpaired) electrons. The molecule has 1 rings (SSSR count). The lowest BCUT2D eigenvalue weighted by molar-refractivity contribution is -0.150. The minimum Gasteiger partial charge on any atom is -0.468 e. The fraction of sp³-hybridized carbons (Fsp3) is 0.545. The van der Waals surface area contributed by atoms with Crippen LogP contribution in [-0.2, 0) is 19.1 Å². The smallest absolute Gasteiger partial charge is 0.326 e. The van der Waals surface area contributed by atoms with Crippen LogP contribution in [0.25, 0.3) is 0 Å². The first-order chi connectivity index (χ1) is 7.54. The van der Waals surface area contributed by atoms with Crippen LogP contribution in [0, 0.1) is 16.7 Å². The second kappa shape index (κ2) is 4.79. The lowest BCUT2D eigenvalue weighted by atomic mass is 9.78. The Bertz CT molecular complexity index is 380. The van der Waals surface area contributed by atoms with Crippen molar-refractivity contribution in [2.45, 2.75) is 26.2 Å². The first-order valence-corrected chi connectivity index (χ1v) is 4.91. The molecule has 0 aromatic carbocycles. The van der Waals surface area contributed by atoms with Gasteiger partial charge in [0.1, 0.15) is 5.76 Å². The van der Waals surface area contributed by atoms with Crippen LogP contribution in [0.4, 0.5) is 0 Å². The van der Waals surface area contributed by atoms with Gasteiger partial charge >= 0.3 is 11.9 Å². The highest BCUT2D eigenvalue weighted by molar-refractivity contribution is 5.80. The zero-order valence-electron chi connectivity index (χ0n) is 9.28. The summed E-state index contributed by atoms with van der Waals surface area (Å²) in [5.74, 6) is -0.413. The predicted octanol–water partition coefficient (Wildman–Crippen LogP) is 1.30. The molecule has 0 amide bonds. The maximum Gasteiger partial charge on any atom is 0.326 e. The Balaban J connectivity index is 2.78. The molecule has 0 fully saturated rings. The molecule has 1 aliphatic carbocycles. The van der Waals surface area contributed by atoms with E-state index in [4.69, 9.17) is 10.00 Å². The van der Waals surface area contributed by atoms with Gasteiger partial charge in [0.2, 0.25) is 0 Å². The van der Waals surface area contributed by atoms with Gasteiger partial charge in [-0.2, -0.15) is 5.26 Å². The fourth-order valence-electron chi connectivity index (χ4n) is 1.63. The summed E-state index contributed by atoms with van der Waals surface area (Å²) in [6.45, 7) is 1.31. The number of methoxy groups -OCH3 is 1. The number of carbonyl (C=O) groups is 2. The molecule has 16 heavy (non-hydrogen) atoms. The van der Waals surface area contributed by atoms with Gasteiger partial charge in [0, 0.05) is 13.3 Å². The number of allylic oxidation sites excluding steroid dienone is 2. The van der Waals surface area contributed by atoms with Crippen molar-refractivity contribution in [1.29, 1.82) is 5.26 Å². The van der Waals surface area contributed by atoms with Gasteiger partial charge in [-0.3, -0.25) is 9.59 Å². The molecular formula is C11H13NO4. The first kappa shape index (κ1) is 12.2. The Kier molecular flexibility index (Phi) is 3.67. The van der Waals surface area contributed by atoms with Crippen molar-refractivity contribution < 1.29 is 19.1 Å². The van der Waals surface area contributed by atoms with E-state index in [-0.39, 0.29) is 6.42 Å². The molecule has 0 N–H and O–H groups in total. The van der Waals surface area contributed by atoms with Gasteiger partial charge in [0.25, 0.3) is 0 Å². The SMILES string of the molecule is COC(=O)C1(C#N)CC=C(OC(C)=O)CC1. The van der Waals surface area contributed by atoms with Crippen molar-refractivity contribution in [3.05, 3.63) is 11.8 Å². The van der Waals surface area contributed by atoms with E-state index in [1.165, 1.54) is 14.0 Å². The minimum atomic E-state index is -1.13. The maximum atomic E-state index is 11.5. The van der Waals surface area contributed by atoms with Crippen LogP contribution < -0.4 is 0 Å². The molecule has 0 aromatic rings. The zero-order chi connectivity index (χ0) is 12.2. The van der Waals surface area contributed by atoms with Crippen molar-refractivity contribution in [1.82, 2.24) is 0 Å². The Morgan fingerprint density at radius 3 is 2.62 bits per heavy atom. The van der Waals surface area contributed by atoms with Crippen LogP contribution in [0.1, 0.15) is 26.2 Å². The summed E-state index contributed by atoms with van der Waals surface area (Å²) in [6, 6.07) is 1.98. The third-order valence-electron chi connectivity index (χ3n) is 2.54. The molecule has 5 nitrogen and oxygen atoms in total. The third kappa shape index (κ3) is 2.40. The van der Waals surface area contributed by atoms with E-state index in [0.29, 0.717) is 18.6 Å². The molecule has 0 aliphatic heterocycles. The van der Waals surface area contributed by atoms with Crippen LogP contribution in [0.2, 0.25) is 0 Å². The predicted molar refractivity (Wildman–Crippen MR) is 53.8 cm³/mol. The number of nitrogens with zero attached hydrogens (tertiary/aromatic N) is 1. The molecule has 0 spiro atoms. The number of esters is 2. The number of carbonyl (C=O) groups excluding carboxylic acids is 2.